The summed E-state index contributed by atoms with van der Waals surface area (Å²) in [5.74, 6) is -0.340. The van der Waals surface area contributed by atoms with Crippen LogP contribution in [0.3, 0.4) is 0 Å². The van der Waals surface area contributed by atoms with E-state index < -0.39 is 5.97 Å². The number of nitriles is 1. The van der Waals surface area contributed by atoms with Crippen LogP contribution in [0.2, 0.25) is 0 Å². The first-order valence-electron chi connectivity index (χ1n) is 9.15. The van der Waals surface area contributed by atoms with E-state index in [4.69, 9.17) is 9.47 Å². The molecule has 8 heteroatoms. The first-order valence-corrected chi connectivity index (χ1v) is 9.15. The van der Waals surface area contributed by atoms with Crippen LogP contribution in [-0.2, 0) is 14.3 Å². The molecule has 3 heterocycles. The van der Waals surface area contributed by atoms with Gasteiger partial charge in [-0.3, -0.25) is 9.20 Å². The summed E-state index contributed by atoms with van der Waals surface area (Å²) < 4.78 is 12.1. The average molecular weight is 382 g/mol. The van der Waals surface area contributed by atoms with Crippen molar-refractivity contribution in [3.63, 3.8) is 0 Å². The molecule has 2 atom stereocenters. The smallest absolute Gasteiger partial charge is 0.348 e. The Morgan fingerprint density at radius 3 is 2.75 bits per heavy atom. The fourth-order valence-electron chi connectivity index (χ4n) is 3.30. The molecule has 1 saturated heterocycles. The molecular weight excluding hydrogens is 360 g/mol. The van der Waals surface area contributed by atoms with Crippen molar-refractivity contribution in [3.8, 4) is 6.07 Å². The Morgan fingerprint density at radius 1 is 1.39 bits per heavy atom. The van der Waals surface area contributed by atoms with Crippen LogP contribution in [0.5, 0.6) is 0 Å². The first-order chi connectivity index (χ1) is 13.4. The van der Waals surface area contributed by atoms with Crippen molar-refractivity contribution in [2.45, 2.75) is 33.0 Å². The molecule has 1 aliphatic rings. The fraction of sp³-hybridized carbons (Fsp3) is 0.400. The average Bonchev–Trinajstić information content (AvgIpc) is 2.66. The summed E-state index contributed by atoms with van der Waals surface area (Å²) in [5, 5.41) is 9.39. The number of fused-ring (bicyclic) bond motifs is 1. The van der Waals surface area contributed by atoms with E-state index in [-0.39, 0.29) is 35.5 Å². The second-order valence-corrected chi connectivity index (χ2v) is 6.64. The van der Waals surface area contributed by atoms with Crippen LogP contribution in [0.4, 0.5) is 5.82 Å². The number of esters is 1. The van der Waals surface area contributed by atoms with Gasteiger partial charge >= 0.3 is 5.97 Å². The highest BCUT2D eigenvalue weighted by Crippen LogP contribution is 2.23. The van der Waals surface area contributed by atoms with E-state index in [0.29, 0.717) is 24.6 Å². The molecule has 146 valence electrons. The number of nitrogens with zero attached hydrogens (tertiary/aromatic N) is 4. The number of aromatic nitrogens is 2. The molecule has 0 saturated carbocycles. The fourth-order valence-corrected chi connectivity index (χ4v) is 3.30. The Kier molecular flexibility index (Phi) is 5.76. The van der Waals surface area contributed by atoms with Gasteiger partial charge in [0.15, 0.2) is 0 Å². The molecule has 8 nitrogen and oxygen atoms in total. The largest absolute Gasteiger partial charge is 0.462 e. The number of pyridine rings is 1. The van der Waals surface area contributed by atoms with Gasteiger partial charge in [0.1, 0.15) is 23.1 Å². The molecule has 1 aliphatic heterocycles. The molecule has 28 heavy (non-hydrogen) atoms. The maximum absolute atomic E-state index is 13.1. The zero-order chi connectivity index (χ0) is 20.3. The van der Waals surface area contributed by atoms with Gasteiger partial charge in [0.25, 0.3) is 5.56 Å². The second-order valence-electron chi connectivity index (χ2n) is 6.64. The number of hydrogen-bond donors (Lipinski definition) is 0. The Labute approximate surface area is 162 Å². The zero-order valence-corrected chi connectivity index (χ0v) is 16.1. The maximum atomic E-state index is 13.1. The van der Waals surface area contributed by atoms with Crippen molar-refractivity contribution < 1.29 is 14.3 Å². The summed E-state index contributed by atoms with van der Waals surface area (Å²) in [6.07, 6.45) is 2.79. The quantitative estimate of drug-likeness (QED) is 0.452. The number of carbonyl (C=O) groups is 1. The molecule has 2 aromatic rings. The molecule has 0 radical (unpaired) electrons. The molecule has 0 spiro atoms. The van der Waals surface area contributed by atoms with Crippen molar-refractivity contribution >= 4 is 23.5 Å². The minimum atomic E-state index is -0.766. The number of ether oxygens (including phenoxy) is 2. The van der Waals surface area contributed by atoms with Crippen LogP contribution in [-0.4, -0.2) is 47.3 Å². The highest BCUT2D eigenvalue weighted by atomic mass is 16.5. The topological polar surface area (TPSA) is 96.9 Å². The number of carbonyl (C=O) groups excluding carboxylic acids is 1. The van der Waals surface area contributed by atoms with Crippen LogP contribution in [0.25, 0.3) is 11.7 Å². The third-order valence-electron chi connectivity index (χ3n) is 4.37. The Balaban J connectivity index is 2.21. The lowest BCUT2D eigenvalue weighted by atomic mass is 10.1. The minimum Gasteiger partial charge on any atom is -0.462 e. The summed E-state index contributed by atoms with van der Waals surface area (Å²) >= 11 is 0. The highest BCUT2D eigenvalue weighted by Gasteiger charge is 2.27. The van der Waals surface area contributed by atoms with E-state index in [9.17, 15) is 14.9 Å². The molecule has 0 aliphatic carbocycles. The SMILES string of the molecule is CCOC(=O)C(C#N)=Cc1c(N2CC(C)OC(C)C2)nc2ccccn2c1=O. The van der Waals surface area contributed by atoms with Gasteiger partial charge in [0.05, 0.1) is 24.4 Å². The minimum absolute atomic E-state index is 0.0444. The molecule has 2 unspecified atom stereocenters. The number of morpholine rings is 1. The van der Waals surface area contributed by atoms with Gasteiger partial charge in [0, 0.05) is 19.3 Å². The lowest BCUT2D eigenvalue weighted by molar-refractivity contribution is -0.137. The molecule has 0 bridgehead atoms. The van der Waals surface area contributed by atoms with Crippen LogP contribution < -0.4 is 10.5 Å². The first kappa shape index (κ1) is 19.6. The number of anilines is 1. The van der Waals surface area contributed by atoms with Crippen molar-refractivity contribution in [1.29, 1.82) is 5.26 Å². The Morgan fingerprint density at radius 2 is 2.11 bits per heavy atom. The maximum Gasteiger partial charge on any atom is 0.348 e. The van der Waals surface area contributed by atoms with E-state index in [1.54, 1.807) is 31.3 Å². The molecule has 0 N–H and O–H groups in total. The van der Waals surface area contributed by atoms with Gasteiger partial charge in [-0.1, -0.05) is 6.07 Å². The van der Waals surface area contributed by atoms with Crippen LogP contribution in [0.1, 0.15) is 26.3 Å². The Hall–Kier alpha value is -3.18. The van der Waals surface area contributed by atoms with Crippen molar-refractivity contribution in [2.24, 2.45) is 0 Å². The van der Waals surface area contributed by atoms with E-state index in [1.165, 1.54) is 10.5 Å². The summed E-state index contributed by atoms with van der Waals surface area (Å²) in [7, 11) is 0. The van der Waals surface area contributed by atoms with E-state index >= 15 is 0 Å². The van der Waals surface area contributed by atoms with Crippen LogP contribution in [0.15, 0.2) is 34.8 Å². The summed E-state index contributed by atoms with van der Waals surface area (Å²) in [4.78, 5) is 31.8. The van der Waals surface area contributed by atoms with Gasteiger partial charge in [-0.15, -0.1) is 0 Å². The van der Waals surface area contributed by atoms with Gasteiger partial charge < -0.3 is 14.4 Å². The lowest BCUT2D eigenvalue weighted by Crippen LogP contribution is -2.46. The van der Waals surface area contributed by atoms with Gasteiger partial charge in [-0.05, 0) is 39.0 Å². The normalized spacial score (nSPS) is 20.1. The monoisotopic (exact) mass is 382 g/mol. The molecule has 1 fully saturated rings. The summed E-state index contributed by atoms with van der Waals surface area (Å²) in [6, 6.07) is 7.08. The van der Waals surface area contributed by atoms with E-state index in [0.717, 1.165) is 0 Å². The Bertz CT molecular complexity index is 1010. The standard InChI is InChI=1S/C20H22N4O4/c1-4-27-20(26)15(10-21)9-16-18(23-11-13(2)28-14(3)12-23)22-17-7-5-6-8-24(17)19(16)25/h5-9,13-14H,4,11-12H2,1-3H3. The van der Waals surface area contributed by atoms with Crippen molar-refractivity contribution in [2.75, 3.05) is 24.6 Å². The van der Waals surface area contributed by atoms with E-state index in [2.05, 4.69) is 4.98 Å². The van der Waals surface area contributed by atoms with Gasteiger partial charge in [-0.25, -0.2) is 9.78 Å². The number of rotatable bonds is 4. The van der Waals surface area contributed by atoms with Crippen molar-refractivity contribution in [3.05, 3.63) is 45.9 Å². The van der Waals surface area contributed by atoms with Crippen LogP contribution in [0, 0.1) is 11.3 Å². The predicted molar refractivity (Wildman–Crippen MR) is 104 cm³/mol. The molecule has 0 amide bonds. The third-order valence-corrected chi connectivity index (χ3v) is 4.37. The molecule has 2 aromatic heterocycles. The summed E-state index contributed by atoms with van der Waals surface area (Å²) in [5.41, 5.74) is 0.0624. The van der Waals surface area contributed by atoms with Crippen LogP contribution >= 0.6 is 0 Å². The van der Waals surface area contributed by atoms with Crippen molar-refractivity contribution in [1.82, 2.24) is 9.38 Å². The molecule has 3 rings (SSSR count). The lowest BCUT2D eigenvalue weighted by Gasteiger charge is -2.36. The van der Waals surface area contributed by atoms with Gasteiger partial charge in [-0.2, -0.15) is 5.26 Å². The van der Waals surface area contributed by atoms with E-state index in [1.807, 2.05) is 24.8 Å². The second kappa shape index (κ2) is 8.23. The van der Waals surface area contributed by atoms with Gasteiger partial charge in [0.2, 0.25) is 0 Å². The summed E-state index contributed by atoms with van der Waals surface area (Å²) in [6.45, 7) is 6.78. The highest BCUT2D eigenvalue weighted by molar-refractivity contribution is 5.98. The zero-order valence-electron chi connectivity index (χ0n) is 16.1. The molecular formula is C20H22N4O4. The third kappa shape index (κ3) is 3.89. The number of hydrogen-bond acceptors (Lipinski definition) is 7. The molecule has 0 aromatic carbocycles. The predicted octanol–water partition coefficient (Wildman–Crippen LogP) is 1.78.